The minimum Gasteiger partial charge on any atom is -0.351 e. The first-order valence-electron chi connectivity index (χ1n) is 9.20. The summed E-state index contributed by atoms with van der Waals surface area (Å²) in [6.45, 7) is 7.86. The summed E-state index contributed by atoms with van der Waals surface area (Å²) in [5, 5.41) is 3.98. The molecule has 0 aliphatic heterocycles. The van der Waals surface area contributed by atoms with Gasteiger partial charge in [-0.15, -0.1) is 0 Å². The smallest absolute Gasteiger partial charge is 0.267 e. The first-order valence-corrected chi connectivity index (χ1v) is 10.2. The van der Waals surface area contributed by atoms with Crippen LogP contribution in [0.5, 0.6) is 0 Å². The van der Waals surface area contributed by atoms with Gasteiger partial charge in [0.15, 0.2) is 5.16 Å². The summed E-state index contributed by atoms with van der Waals surface area (Å²) in [5.41, 5.74) is 0.941. The lowest BCUT2D eigenvalue weighted by Crippen LogP contribution is -2.43. The zero-order chi connectivity index (χ0) is 20.3. The van der Waals surface area contributed by atoms with Gasteiger partial charge in [0, 0.05) is 11.2 Å². The van der Waals surface area contributed by atoms with Crippen molar-refractivity contribution < 1.29 is 4.79 Å². The van der Waals surface area contributed by atoms with E-state index in [0.29, 0.717) is 21.9 Å². The van der Waals surface area contributed by atoms with Crippen molar-refractivity contribution in [3.8, 4) is 5.82 Å². The normalized spacial score (nSPS) is 11.6. The second kappa shape index (κ2) is 8.14. The Labute approximate surface area is 168 Å². The van der Waals surface area contributed by atoms with Crippen molar-refractivity contribution in [1.82, 2.24) is 19.9 Å². The van der Waals surface area contributed by atoms with Crippen molar-refractivity contribution in [3.63, 3.8) is 0 Å². The number of thioether (sulfide) groups is 1. The SMILES string of the molecule is CCC(C)(C)NC(=O)CSc1nc2ccccc2c(=O)n1-c1cccc(C)n1. The molecule has 1 N–H and O–H groups in total. The van der Waals surface area contributed by atoms with Crippen molar-refractivity contribution in [2.24, 2.45) is 0 Å². The number of carbonyl (C=O) groups is 1. The van der Waals surface area contributed by atoms with Crippen LogP contribution < -0.4 is 10.9 Å². The average Bonchev–Trinajstić information content (AvgIpc) is 2.66. The van der Waals surface area contributed by atoms with E-state index >= 15 is 0 Å². The highest BCUT2D eigenvalue weighted by atomic mass is 32.2. The molecule has 1 amide bonds. The molecule has 3 rings (SSSR count). The van der Waals surface area contributed by atoms with Crippen molar-refractivity contribution in [1.29, 1.82) is 0 Å². The van der Waals surface area contributed by atoms with Gasteiger partial charge < -0.3 is 5.32 Å². The van der Waals surface area contributed by atoms with Crippen LogP contribution in [0, 0.1) is 6.92 Å². The van der Waals surface area contributed by atoms with Crippen LogP contribution >= 0.6 is 11.8 Å². The first kappa shape index (κ1) is 20.1. The fourth-order valence-corrected chi connectivity index (χ4v) is 3.50. The standard InChI is InChI=1S/C21H24N4O2S/c1-5-21(3,4)24-18(26)13-28-20-23-16-11-7-6-10-15(16)19(27)25(20)17-12-8-9-14(2)22-17/h6-12H,5,13H2,1-4H3,(H,24,26). The number of nitrogens with one attached hydrogen (secondary N) is 1. The number of carbonyl (C=O) groups excluding carboxylic acids is 1. The molecule has 0 unspecified atom stereocenters. The number of fused-ring (bicyclic) bond motifs is 1. The summed E-state index contributed by atoms with van der Waals surface area (Å²) in [4.78, 5) is 34.6. The van der Waals surface area contributed by atoms with Gasteiger partial charge in [0.2, 0.25) is 5.91 Å². The minimum absolute atomic E-state index is 0.0944. The van der Waals surface area contributed by atoms with Crippen LogP contribution in [0.1, 0.15) is 32.9 Å². The van der Waals surface area contributed by atoms with Gasteiger partial charge in [-0.2, -0.15) is 0 Å². The fourth-order valence-electron chi connectivity index (χ4n) is 2.70. The largest absolute Gasteiger partial charge is 0.351 e. The molecule has 0 saturated carbocycles. The van der Waals surface area contributed by atoms with Gasteiger partial charge in [-0.05, 0) is 51.5 Å². The summed E-state index contributed by atoms with van der Waals surface area (Å²) in [5.74, 6) is 0.572. The van der Waals surface area contributed by atoms with E-state index in [-0.39, 0.29) is 22.8 Å². The Hall–Kier alpha value is -2.67. The molecular formula is C21H24N4O2S. The zero-order valence-electron chi connectivity index (χ0n) is 16.5. The van der Waals surface area contributed by atoms with E-state index in [1.165, 1.54) is 16.3 Å². The van der Waals surface area contributed by atoms with E-state index in [2.05, 4.69) is 15.3 Å². The maximum absolute atomic E-state index is 13.1. The molecule has 1 aromatic carbocycles. The monoisotopic (exact) mass is 396 g/mol. The lowest BCUT2D eigenvalue weighted by molar-refractivity contribution is -0.120. The van der Waals surface area contributed by atoms with Crippen LogP contribution in [0.4, 0.5) is 0 Å². The van der Waals surface area contributed by atoms with Crippen molar-refractivity contribution in [2.75, 3.05) is 5.75 Å². The topological polar surface area (TPSA) is 76.9 Å². The average molecular weight is 397 g/mol. The number of pyridine rings is 1. The highest BCUT2D eigenvalue weighted by Gasteiger charge is 2.20. The quantitative estimate of drug-likeness (QED) is 0.510. The number of amides is 1. The third-order valence-electron chi connectivity index (χ3n) is 4.54. The van der Waals surface area contributed by atoms with Crippen LogP contribution in [-0.4, -0.2) is 31.7 Å². The molecule has 2 aromatic heterocycles. The van der Waals surface area contributed by atoms with E-state index in [9.17, 15) is 9.59 Å². The maximum atomic E-state index is 13.1. The van der Waals surface area contributed by atoms with E-state index in [4.69, 9.17) is 0 Å². The molecule has 7 heteroatoms. The molecule has 3 aromatic rings. The third-order valence-corrected chi connectivity index (χ3v) is 5.48. The lowest BCUT2D eigenvalue weighted by atomic mass is 10.0. The van der Waals surface area contributed by atoms with Gasteiger partial charge in [0.1, 0.15) is 5.82 Å². The minimum atomic E-state index is -0.272. The van der Waals surface area contributed by atoms with Gasteiger partial charge in [-0.1, -0.05) is 36.9 Å². The zero-order valence-corrected chi connectivity index (χ0v) is 17.3. The highest BCUT2D eigenvalue weighted by Crippen LogP contribution is 2.21. The molecule has 0 saturated heterocycles. The van der Waals surface area contributed by atoms with E-state index < -0.39 is 0 Å². The van der Waals surface area contributed by atoms with Crippen molar-refractivity contribution in [3.05, 3.63) is 58.5 Å². The number of benzene rings is 1. The summed E-state index contributed by atoms with van der Waals surface area (Å²) in [6.07, 6.45) is 0.829. The number of nitrogens with zero attached hydrogens (tertiary/aromatic N) is 3. The molecule has 0 fully saturated rings. The Morgan fingerprint density at radius 3 is 2.61 bits per heavy atom. The van der Waals surface area contributed by atoms with E-state index in [1.807, 2.05) is 52.0 Å². The number of aromatic nitrogens is 3. The van der Waals surface area contributed by atoms with Crippen LogP contribution in [0.15, 0.2) is 52.4 Å². The van der Waals surface area contributed by atoms with E-state index in [1.54, 1.807) is 18.2 Å². The highest BCUT2D eigenvalue weighted by molar-refractivity contribution is 7.99. The second-order valence-corrected chi connectivity index (χ2v) is 8.21. The van der Waals surface area contributed by atoms with Crippen molar-refractivity contribution >= 4 is 28.6 Å². The molecule has 146 valence electrons. The number of para-hydroxylation sites is 1. The Kier molecular flexibility index (Phi) is 5.84. The number of rotatable bonds is 6. The fraction of sp³-hybridized carbons (Fsp3) is 0.333. The predicted octanol–water partition coefficient (Wildman–Crippen LogP) is 3.49. The maximum Gasteiger partial charge on any atom is 0.267 e. The first-order chi connectivity index (χ1) is 13.3. The molecule has 0 spiro atoms. The summed E-state index contributed by atoms with van der Waals surface area (Å²) in [6, 6.07) is 12.7. The molecule has 0 aliphatic carbocycles. The number of aryl methyl sites for hydroxylation is 1. The molecule has 28 heavy (non-hydrogen) atoms. The Morgan fingerprint density at radius 2 is 1.89 bits per heavy atom. The number of hydrogen-bond donors (Lipinski definition) is 1. The van der Waals surface area contributed by atoms with Crippen LogP contribution in [0.2, 0.25) is 0 Å². The molecule has 0 atom stereocenters. The molecule has 0 radical (unpaired) electrons. The summed E-state index contributed by atoms with van der Waals surface area (Å²) < 4.78 is 1.48. The second-order valence-electron chi connectivity index (χ2n) is 7.26. The predicted molar refractivity (Wildman–Crippen MR) is 113 cm³/mol. The van der Waals surface area contributed by atoms with Crippen LogP contribution in [-0.2, 0) is 4.79 Å². The third kappa shape index (κ3) is 4.42. The summed E-state index contributed by atoms with van der Waals surface area (Å²) >= 11 is 1.24. The van der Waals surface area contributed by atoms with Gasteiger partial charge >= 0.3 is 0 Å². The van der Waals surface area contributed by atoms with Gasteiger partial charge in [0.25, 0.3) is 5.56 Å². The van der Waals surface area contributed by atoms with Crippen molar-refractivity contribution in [2.45, 2.75) is 44.8 Å². The molecular weight excluding hydrogens is 372 g/mol. The molecule has 2 heterocycles. The van der Waals surface area contributed by atoms with E-state index in [0.717, 1.165) is 12.1 Å². The number of hydrogen-bond acceptors (Lipinski definition) is 5. The van der Waals surface area contributed by atoms with Gasteiger partial charge in [-0.25, -0.2) is 14.5 Å². The Bertz CT molecular complexity index is 1080. The molecule has 0 bridgehead atoms. The van der Waals surface area contributed by atoms with Crippen LogP contribution in [0.3, 0.4) is 0 Å². The molecule has 6 nitrogen and oxygen atoms in total. The summed E-state index contributed by atoms with van der Waals surface area (Å²) in [7, 11) is 0. The van der Waals surface area contributed by atoms with Gasteiger partial charge in [0.05, 0.1) is 16.7 Å². The Morgan fingerprint density at radius 1 is 1.14 bits per heavy atom. The van der Waals surface area contributed by atoms with Crippen LogP contribution in [0.25, 0.3) is 16.7 Å². The lowest BCUT2D eigenvalue weighted by Gasteiger charge is -2.24. The molecule has 0 aliphatic rings. The Balaban J connectivity index is 2.02. The van der Waals surface area contributed by atoms with Gasteiger partial charge in [-0.3, -0.25) is 9.59 Å².